The van der Waals surface area contributed by atoms with Crippen LogP contribution in [0.15, 0.2) is 78.2 Å². The minimum absolute atomic E-state index is 0.145. The number of cyclic esters (lactones) is 1. The number of hydrogen-bond donors (Lipinski definition) is 1. The summed E-state index contributed by atoms with van der Waals surface area (Å²) < 4.78 is 6.12. The molecule has 0 aliphatic carbocycles. The Bertz CT molecular complexity index is 1120. The summed E-state index contributed by atoms with van der Waals surface area (Å²) in [6.45, 7) is 9.95. The van der Waals surface area contributed by atoms with Gasteiger partial charge in [-0.2, -0.15) is 0 Å². The second-order valence-electron chi connectivity index (χ2n) is 9.83. The first-order chi connectivity index (χ1) is 16.1. The zero-order valence-corrected chi connectivity index (χ0v) is 20.4. The Hall–Kier alpha value is -3.38. The van der Waals surface area contributed by atoms with Gasteiger partial charge in [-0.15, -0.1) is 0 Å². The Kier molecular flexibility index (Phi) is 6.36. The Balaban J connectivity index is 1.52. The molecular weight excluding hydrogens is 426 g/mol. The number of ether oxygens (including phenoxy) is 1. The van der Waals surface area contributed by atoms with Crippen LogP contribution in [-0.4, -0.2) is 46.4 Å². The minimum atomic E-state index is -0.975. The summed E-state index contributed by atoms with van der Waals surface area (Å²) in [5.41, 5.74) is 2.18. The first kappa shape index (κ1) is 23.8. The van der Waals surface area contributed by atoms with Crippen LogP contribution < -0.4 is 0 Å². The van der Waals surface area contributed by atoms with Gasteiger partial charge in [0.1, 0.15) is 11.4 Å². The zero-order valence-electron chi connectivity index (χ0n) is 20.4. The second kappa shape index (κ2) is 9.11. The molecule has 2 aromatic rings. The summed E-state index contributed by atoms with van der Waals surface area (Å²) in [4.78, 5) is 21.2. The number of carbonyl (C=O) groups excluding carboxylic acids is 1. The summed E-state index contributed by atoms with van der Waals surface area (Å²) in [5, 5.41) is 10.6. The molecule has 6 nitrogen and oxygen atoms in total. The maximum Gasteiger partial charge on any atom is 0.411 e. The predicted molar refractivity (Wildman–Crippen MR) is 135 cm³/mol. The molecule has 6 heteroatoms. The molecule has 34 heavy (non-hydrogen) atoms. The van der Waals surface area contributed by atoms with Crippen LogP contribution in [0, 0.1) is 0 Å². The second-order valence-corrected chi connectivity index (χ2v) is 9.83. The average molecular weight is 460 g/mol. The van der Waals surface area contributed by atoms with Crippen molar-refractivity contribution in [2.75, 3.05) is 13.6 Å². The van der Waals surface area contributed by atoms with E-state index in [9.17, 15) is 9.90 Å². The Morgan fingerprint density at radius 1 is 1.18 bits per heavy atom. The molecule has 178 valence electrons. The molecule has 1 N–H and O–H groups in total. The van der Waals surface area contributed by atoms with Crippen molar-refractivity contribution in [3.8, 4) is 0 Å². The lowest BCUT2D eigenvalue weighted by Gasteiger charge is -2.45. The average Bonchev–Trinajstić information content (AvgIpc) is 2.80. The lowest BCUT2D eigenvalue weighted by Crippen LogP contribution is -2.51. The summed E-state index contributed by atoms with van der Waals surface area (Å²) in [5.74, 6) is 0.703. The van der Waals surface area contributed by atoms with E-state index in [0.717, 1.165) is 22.3 Å². The number of allylic oxidation sites excluding steroid dienone is 1. The molecule has 2 aliphatic heterocycles. The van der Waals surface area contributed by atoms with E-state index in [4.69, 9.17) is 4.74 Å². The van der Waals surface area contributed by atoms with Crippen LogP contribution in [0.25, 0.3) is 5.57 Å². The minimum Gasteiger partial charge on any atom is -0.438 e. The van der Waals surface area contributed by atoms with Gasteiger partial charge in [-0.25, -0.2) is 9.79 Å². The molecule has 2 heterocycles. The molecule has 0 unspecified atom stereocenters. The molecule has 0 bridgehead atoms. The topological polar surface area (TPSA) is 65.4 Å². The van der Waals surface area contributed by atoms with E-state index in [-0.39, 0.29) is 12.1 Å². The van der Waals surface area contributed by atoms with Gasteiger partial charge in [-0.3, -0.25) is 0 Å². The molecule has 4 rings (SSSR count). The highest BCUT2D eigenvalue weighted by Crippen LogP contribution is 2.42. The van der Waals surface area contributed by atoms with Gasteiger partial charge in [-0.1, -0.05) is 61.2 Å². The van der Waals surface area contributed by atoms with Crippen molar-refractivity contribution in [2.45, 2.75) is 50.9 Å². The number of rotatable bonds is 6. The maximum absolute atomic E-state index is 13.2. The van der Waals surface area contributed by atoms with Gasteiger partial charge in [0.2, 0.25) is 0 Å². The van der Waals surface area contributed by atoms with E-state index in [2.05, 4.69) is 11.6 Å². The van der Waals surface area contributed by atoms with Gasteiger partial charge in [0.05, 0.1) is 11.6 Å². The summed E-state index contributed by atoms with van der Waals surface area (Å²) in [6.07, 6.45) is 4.40. The van der Waals surface area contributed by atoms with Crippen LogP contribution in [-0.2, 0) is 10.3 Å². The van der Waals surface area contributed by atoms with Crippen molar-refractivity contribution in [3.05, 3.63) is 89.9 Å². The third-order valence-electron chi connectivity index (χ3n) is 6.58. The molecule has 0 radical (unpaired) electrons. The van der Waals surface area contributed by atoms with Gasteiger partial charge < -0.3 is 19.6 Å². The predicted octanol–water partition coefficient (Wildman–Crippen LogP) is 5.47. The Morgan fingerprint density at radius 3 is 2.44 bits per heavy atom. The fraction of sp³-hybridized carbons (Fsp3) is 0.357. The van der Waals surface area contributed by atoms with Crippen molar-refractivity contribution in [2.24, 2.45) is 4.99 Å². The van der Waals surface area contributed by atoms with E-state index >= 15 is 0 Å². The van der Waals surface area contributed by atoms with E-state index in [1.807, 2.05) is 85.9 Å². The molecule has 2 atom stereocenters. The highest BCUT2D eigenvalue weighted by atomic mass is 16.6. The van der Waals surface area contributed by atoms with Crippen LogP contribution in [0.5, 0.6) is 0 Å². The molecule has 2 aliphatic rings. The molecule has 1 saturated heterocycles. The van der Waals surface area contributed by atoms with Crippen LogP contribution in [0.4, 0.5) is 4.79 Å². The summed E-state index contributed by atoms with van der Waals surface area (Å²) in [6, 6.07) is 17.8. The highest BCUT2D eigenvalue weighted by Gasteiger charge is 2.46. The van der Waals surface area contributed by atoms with Crippen molar-refractivity contribution >= 4 is 17.9 Å². The quantitative estimate of drug-likeness (QED) is 0.622. The van der Waals surface area contributed by atoms with Crippen molar-refractivity contribution in [1.82, 2.24) is 9.80 Å². The number of nitrogens with zero attached hydrogens (tertiary/aromatic N) is 3. The van der Waals surface area contributed by atoms with Crippen LogP contribution in [0.1, 0.15) is 56.3 Å². The Morgan fingerprint density at radius 2 is 1.85 bits per heavy atom. The first-order valence-corrected chi connectivity index (χ1v) is 11.6. The monoisotopic (exact) mass is 459 g/mol. The molecule has 0 aromatic heterocycles. The normalized spacial score (nSPS) is 21.9. The largest absolute Gasteiger partial charge is 0.438 e. The maximum atomic E-state index is 13.2. The first-order valence-electron chi connectivity index (χ1n) is 11.6. The van der Waals surface area contributed by atoms with Crippen molar-refractivity contribution < 1.29 is 14.6 Å². The smallest absolute Gasteiger partial charge is 0.411 e. The van der Waals surface area contributed by atoms with E-state index in [1.165, 1.54) is 0 Å². The van der Waals surface area contributed by atoms with Crippen LogP contribution in [0.2, 0.25) is 0 Å². The van der Waals surface area contributed by atoms with Gasteiger partial charge in [0.15, 0.2) is 0 Å². The number of amides is 1. The number of hydrogen-bond acceptors (Lipinski definition) is 5. The number of aliphatic imine (C=N–C) groups is 1. The fourth-order valence-electron chi connectivity index (χ4n) is 4.73. The highest BCUT2D eigenvalue weighted by molar-refractivity contribution is 6.10. The van der Waals surface area contributed by atoms with Gasteiger partial charge in [0.25, 0.3) is 0 Å². The third-order valence-corrected chi connectivity index (χ3v) is 6.58. The molecule has 1 amide bonds. The van der Waals surface area contributed by atoms with Crippen molar-refractivity contribution in [3.63, 3.8) is 0 Å². The van der Waals surface area contributed by atoms with E-state index in [1.54, 1.807) is 18.7 Å². The summed E-state index contributed by atoms with van der Waals surface area (Å²) >= 11 is 0. The van der Waals surface area contributed by atoms with Gasteiger partial charge in [-0.05, 0) is 37.5 Å². The number of aliphatic hydroxyl groups is 1. The molecular formula is C28H33N3O3. The number of carbonyl (C=O) groups is 1. The molecule has 0 saturated carbocycles. The lowest BCUT2D eigenvalue weighted by molar-refractivity contribution is -0.101. The van der Waals surface area contributed by atoms with Gasteiger partial charge >= 0.3 is 6.09 Å². The zero-order chi connectivity index (χ0) is 24.5. The van der Waals surface area contributed by atoms with Gasteiger partial charge in [0, 0.05) is 44.4 Å². The summed E-state index contributed by atoms with van der Waals surface area (Å²) in [7, 11) is 1.92. The molecule has 2 aromatic carbocycles. The SMILES string of the molecule is C=C1N=CC(c2ccc([C@H](C)N3CC[C@](CC(C)(C)O)(c4ccccc4)OC3=O)cc2)=CN1C. The Labute approximate surface area is 201 Å². The third kappa shape index (κ3) is 4.92. The van der Waals surface area contributed by atoms with Crippen LogP contribution >= 0.6 is 0 Å². The lowest BCUT2D eigenvalue weighted by atomic mass is 9.80. The number of benzene rings is 2. The molecule has 1 fully saturated rings. The fourth-order valence-corrected chi connectivity index (χ4v) is 4.73. The molecule has 0 spiro atoms. The van der Waals surface area contributed by atoms with E-state index < -0.39 is 11.2 Å². The standard InChI is InChI=1S/C28H33N3O3/c1-20(22-11-13-23(14-12-22)24-17-29-21(2)30(5)18-24)31-16-15-28(34-26(31)32,19-27(3,4)33)25-9-7-6-8-10-25/h6-14,17-18,20,33H,2,15-16,19H2,1,3-5H3/t20-,28-/m0/s1. The van der Waals surface area contributed by atoms with Crippen molar-refractivity contribution in [1.29, 1.82) is 0 Å². The van der Waals surface area contributed by atoms with Crippen LogP contribution in [0.3, 0.4) is 0 Å². The van der Waals surface area contributed by atoms with E-state index in [0.29, 0.717) is 25.2 Å².